The smallest absolute Gasteiger partial charge is 0.221 e. The van der Waals surface area contributed by atoms with Crippen LogP contribution in [0.5, 0.6) is 0 Å². The van der Waals surface area contributed by atoms with Gasteiger partial charge in [-0.2, -0.15) is 10.0 Å². The SMILES string of the molecule is CC(=O)Nc1cc(C(=NNC(N)=S)C(C)N=O)ccc1Cl. The summed E-state index contributed by atoms with van der Waals surface area (Å²) in [5.74, 6) is -0.268. The molecule has 21 heavy (non-hydrogen) atoms. The minimum Gasteiger partial charge on any atom is -0.375 e. The minimum absolute atomic E-state index is 0.0401. The number of nitroso groups, excluding NO2 is 1. The van der Waals surface area contributed by atoms with Crippen molar-refractivity contribution in [2.45, 2.75) is 19.9 Å². The molecule has 1 atom stereocenters. The molecule has 9 heteroatoms. The summed E-state index contributed by atoms with van der Waals surface area (Å²) in [5, 5.41) is 9.80. The van der Waals surface area contributed by atoms with Gasteiger partial charge >= 0.3 is 0 Å². The molecular formula is C12H14ClN5O2S. The third-order valence-electron chi connectivity index (χ3n) is 2.41. The number of hydrogen-bond donors (Lipinski definition) is 3. The molecule has 0 saturated heterocycles. The van der Waals surface area contributed by atoms with Gasteiger partial charge in [0, 0.05) is 12.5 Å². The fraction of sp³-hybridized carbons (Fsp3) is 0.250. The van der Waals surface area contributed by atoms with Crippen molar-refractivity contribution in [2.24, 2.45) is 16.0 Å². The summed E-state index contributed by atoms with van der Waals surface area (Å²) in [7, 11) is 0. The number of rotatable bonds is 5. The van der Waals surface area contributed by atoms with Crippen LogP contribution in [0.2, 0.25) is 5.02 Å². The van der Waals surface area contributed by atoms with Gasteiger partial charge in [-0.05, 0) is 31.3 Å². The first-order valence-corrected chi connectivity index (χ1v) is 6.66. The zero-order valence-electron chi connectivity index (χ0n) is 11.4. The molecule has 1 unspecified atom stereocenters. The molecule has 0 aliphatic heterocycles. The highest BCUT2D eigenvalue weighted by Crippen LogP contribution is 2.24. The van der Waals surface area contributed by atoms with E-state index in [0.29, 0.717) is 22.0 Å². The largest absolute Gasteiger partial charge is 0.375 e. The average molecular weight is 328 g/mol. The van der Waals surface area contributed by atoms with E-state index in [1.165, 1.54) is 6.92 Å². The number of anilines is 1. The van der Waals surface area contributed by atoms with Crippen LogP contribution in [0.1, 0.15) is 19.4 Å². The van der Waals surface area contributed by atoms with E-state index in [-0.39, 0.29) is 11.0 Å². The van der Waals surface area contributed by atoms with Crippen LogP contribution in [0.4, 0.5) is 5.69 Å². The fourth-order valence-corrected chi connectivity index (χ4v) is 1.74. The molecule has 0 bridgehead atoms. The van der Waals surface area contributed by atoms with Crippen LogP contribution in [0.3, 0.4) is 0 Å². The van der Waals surface area contributed by atoms with Gasteiger partial charge in [0.2, 0.25) is 5.91 Å². The van der Waals surface area contributed by atoms with E-state index < -0.39 is 6.04 Å². The number of nitrogens with zero attached hydrogens (tertiary/aromatic N) is 2. The maximum absolute atomic E-state index is 11.1. The molecule has 0 aliphatic carbocycles. The number of thiocarbonyl (C=S) groups is 1. The van der Waals surface area contributed by atoms with Crippen molar-refractivity contribution in [3.05, 3.63) is 33.7 Å². The van der Waals surface area contributed by atoms with E-state index >= 15 is 0 Å². The molecule has 1 amide bonds. The van der Waals surface area contributed by atoms with E-state index in [4.69, 9.17) is 17.3 Å². The van der Waals surface area contributed by atoms with Crippen molar-refractivity contribution in [3.63, 3.8) is 0 Å². The third-order valence-corrected chi connectivity index (χ3v) is 2.83. The van der Waals surface area contributed by atoms with Crippen molar-refractivity contribution in [1.82, 2.24) is 5.43 Å². The Labute approximate surface area is 131 Å². The maximum atomic E-state index is 11.1. The first-order chi connectivity index (χ1) is 9.85. The first-order valence-electron chi connectivity index (χ1n) is 5.88. The Bertz CT molecular complexity index is 605. The van der Waals surface area contributed by atoms with Gasteiger partial charge in [-0.3, -0.25) is 10.2 Å². The number of carbonyl (C=O) groups is 1. The highest BCUT2D eigenvalue weighted by Gasteiger charge is 2.16. The number of nitrogens with two attached hydrogens (primary N) is 1. The van der Waals surface area contributed by atoms with Gasteiger partial charge in [0.15, 0.2) is 5.11 Å². The highest BCUT2D eigenvalue weighted by molar-refractivity contribution is 7.80. The maximum Gasteiger partial charge on any atom is 0.221 e. The lowest BCUT2D eigenvalue weighted by atomic mass is 10.0. The number of amides is 1. The molecule has 1 aromatic rings. The summed E-state index contributed by atoms with van der Waals surface area (Å²) >= 11 is 10.7. The number of halogens is 1. The van der Waals surface area contributed by atoms with Crippen molar-refractivity contribution in [2.75, 3.05) is 5.32 Å². The van der Waals surface area contributed by atoms with Crippen LogP contribution >= 0.6 is 23.8 Å². The van der Waals surface area contributed by atoms with Gasteiger partial charge in [-0.25, -0.2) is 0 Å². The molecule has 0 aliphatic rings. The quantitative estimate of drug-likeness (QED) is 0.331. The van der Waals surface area contributed by atoms with Gasteiger partial charge in [0.25, 0.3) is 0 Å². The third kappa shape index (κ3) is 5.09. The zero-order chi connectivity index (χ0) is 16.0. The first kappa shape index (κ1) is 17.0. The number of hydrogen-bond acceptors (Lipinski definition) is 5. The summed E-state index contributed by atoms with van der Waals surface area (Å²) in [6.07, 6.45) is 0. The van der Waals surface area contributed by atoms with Gasteiger partial charge in [0.1, 0.15) is 6.04 Å². The summed E-state index contributed by atoms with van der Waals surface area (Å²) < 4.78 is 0. The molecule has 1 rings (SSSR count). The second-order valence-corrected chi connectivity index (χ2v) is 4.98. The van der Waals surface area contributed by atoms with E-state index in [2.05, 4.69) is 33.2 Å². The van der Waals surface area contributed by atoms with Gasteiger partial charge in [-0.15, -0.1) is 0 Å². The van der Waals surface area contributed by atoms with Crippen molar-refractivity contribution in [3.8, 4) is 0 Å². The standard InChI is InChI=1S/C12H14ClN5O2S/c1-6(18-20)11(16-17-12(14)21)8-3-4-9(13)10(5-8)15-7(2)19/h3-6H,1-2H3,(H,15,19)(H3,14,17,21). The molecule has 4 N–H and O–H groups in total. The summed E-state index contributed by atoms with van der Waals surface area (Å²) in [4.78, 5) is 21.9. The molecule has 0 saturated carbocycles. The van der Waals surface area contributed by atoms with E-state index in [9.17, 15) is 9.70 Å². The van der Waals surface area contributed by atoms with Gasteiger partial charge in [0.05, 0.1) is 16.4 Å². The molecule has 1 aromatic carbocycles. The van der Waals surface area contributed by atoms with Crippen LogP contribution in [0.15, 0.2) is 28.5 Å². The topological polar surface area (TPSA) is 109 Å². The van der Waals surface area contributed by atoms with Crippen LogP contribution < -0.4 is 16.5 Å². The monoisotopic (exact) mass is 327 g/mol. The molecule has 0 radical (unpaired) electrons. The van der Waals surface area contributed by atoms with Gasteiger partial charge < -0.3 is 11.1 Å². The Morgan fingerprint density at radius 3 is 2.67 bits per heavy atom. The van der Waals surface area contributed by atoms with E-state index in [0.717, 1.165) is 0 Å². The Morgan fingerprint density at radius 1 is 1.48 bits per heavy atom. The lowest BCUT2D eigenvalue weighted by Crippen LogP contribution is -2.28. The average Bonchev–Trinajstić information content (AvgIpc) is 2.41. The fourth-order valence-electron chi connectivity index (χ4n) is 1.53. The predicted molar refractivity (Wildman–Crippen MR) is 87.5 cm³/mol. The molecule has 112 valence electrons. The molecule has 0 spiro atoms. The number of nitrogens with one attached hydrogen (secondary N) is 2. The molecule has 7 nitrogen and oxygen atoms in total. The lowest BCUT2D eigenvalue weighted by Gasteiger charge is -2.12. The number of carbonyl (C=O) groups excluding carboxylic acids is 1. The second-order valence-electron chi connectivity index (χ2n) is 4.13. The summed E-state index contributed by atoms with van der Waals surface area (Å²) in [6.45, 7) is 2.93. The van der Waals surface area contributed by atoms with Crippen molar-refractivity contribution >= 4 is 46.2 Å². The second kappa shape index (κ2) is 7.65. The Hall–Kier alpha value is -2.06. The number of benzene rings is 1. The molecular weight excluding hydrogens is 314 g/mol. The van der Waals surface area contributed by atoms with Gasteiger partial charge in [-0.1, -0.05) is 22.8 Å². The summed E-state index contributed by atoms with van der Waals surface area (Å²) in [6, 6.07) is 4.08. The van der Waals surface area contributed by atoms with Crippen LogP contribution in [0, 0.1) is 4.91 Å². The van der Waals surface area contributed by atoms with Crippen LogP contribution in [0.25, 0.3) is 0 Å². The number of hydrazone groups is 1. The minimum atomic E-state index is -0.738. The van der Waals surface area contributed by atoms with Crippen LogP contribution in [-0.2, 0) is 4.79 Å². The normalized spacial score (nSPS) is 12.4. The summed E-state index contributed by atoms with van der Waals surface area (Å²) in [5.41, 5.74) is 9.00. The zero-order valence-corrected chi connectivity index (χ0v) is 13.0. The van der Waals surface area contributed by atoms with Crippen molar-refractivity contribution < 1.29 is 4.79 Å². The Kier molecular flexibility index (Phi) is 6.19. The molecule has 0 aromatic heterocycles. The molecule has 0 fully saturated rings. The Balaban J connectivity index is 3.24. The predicted octanol–water partition coefficient (Wildman–Crippen LogP) is 1.99. The lowest BCUT2D eigenvalue weighted by molar-refractivity contribution is -0.114. The van der Waals surface area contributed by atoms with Crippen molar-refractivity contribution in [1.29, 1.82) is 0 Å². The van der Waals surface area contributed by atoms with E-state index in [1.54, 1.807) is 25.1 Å². The van der Waals surface area contributed by atoms with E-state index in [1.807, 2.05) is 0 Å². The Morgan fingerprint density at radius 2 is 2.14 bits per heavy atom. The van der Waals surface area contributed by atoms with Crippen LogP contribution in [-0.4, -0.2) is 22.8 Å². The highest BCUT2D eigenvalue weighted by atomic mass is 35.5. The molecule has 0 heterocycles.